The summed E-state index contributed by atoms with van der Waals surface area (Å²) >= 11 is 5.63. The molecule has 0 saturated carbocycles. The highest BCUT2D eigenvalue weighted by Gasteiger charge is 2.36. The third-order valence-corrected chi connectivity index (χ3v) is 3.50. The Labute approximate surface area is 123 Å². The summed E-state index contributed by atoms with van der Waals surface area (Å²) in [6, 6.07) is 1.87. The smallest absolute Gasteiger partial charge is 0.326 e. The molecule has 0 aliphatic carbocycles. The summed E-state index contributed by atoms with van der Waals surface area (Å²) in [5, 5.41) is 16.8. The van der Waals surface area contributed by atoms with Gasteiger partial charge in [0.2, 0.25) is 0 Å². The average molecular weight is 308 g/mol. The molecule has 0 spiro atoms. The zero-order valence-corrected chi connectivity index (χ0v) is 11.4. The number of fused-ring (bicyclic) bond motifs is 1. The minimum absolute atomic E-state index is 0.0496. The fourth-order valence-electron chi connectivity index (χ4n) is 2.25. The van der Waals surface area contributed by atoms with E-state index in [9.17, 15) is 14.7 Å². The van der Waals surface area contributed by atoms with E-state index in [-0.39, 0.29) is 23.8 Å². The molecule has 0 bridgehead atoms. The van der Waals surface area contributed by atoms with Crippen molar-refractivity contribution in [2.24, 2.45) is 0 Å². The van der Waals surface area contributed by atoms with E-state index in [1.54, 1.807) is 0 Å². The van der Waals surface area contributed by atoms with Crippen LogP contribution in [0, 0.1) is 0 Å². The Kier molecular flexibility index (Phi) is 3.30. The van der Waals surface area contributed by atoms with Crippen molar-refractivity contribution < 1.29 is 14.7 Å². The van der Waals surface area contributed by atoms with Crippen LogP contribution in [0.1, 0.15) is 21.9 Å². The molecule has 108 valence electrons. The Bertz CT molecular complexity index is 699. The van der Waals surface area contributed by atoms with E-state index in [1.807, 2.05) is 0 Å². The van der Waals surface area contributed by atoms with Gasteiger partial charge in [0.15, 0.2) is 10.8 Å². The van der Waals surface area contributed by atoms with Crippen LogP contribution in [0.5, 0.6) is 0 Å². The first-order valence-corrected chi connectivity index (χ1v) is 6.48. The van der Waals surface area contributed by atoms with Crippen molar-refractivity contribution in [1.29, 1.82) is 0 Å². The number of carbonyl (C=O) groups excluding carboxylic acids is 1. The Morgan fingerprint density at radius 1 is 1.38 bits per heavy atom. The van der Waals surface area contributed by atoms with Gasteiger partial charge in [-0.05, 0) is 12.1 Å². The number of nitrogens with one attached hydrogen (secondary N) is 1. The summed E-state index contributed by atoms with van der Waals surface area (Å²) in [6.45, 7) is 0.134. The third kappa shape index (κ3) is 2.45. The monoisotopic (exact) mass is 307 g/mol. The molecule has 9 heteroatoms. The zero-order valence-electron chi connectivity index (χ0n) is 10.7. The van der Waals surface area contributed by atoms with Crippen LogP contribution in [0.15, 0.2) is 18.5 Å². The summed E-state index contributed by atoms with van der Waals surface area (Å²) in [4.78, 5) is 32.0. The van der Waals surface area contributed by atoms with Crippen LogP contribution in [0.25, 0.3) is 0 Å². The molecule has 1 aliphatic heterocycles. The maximum absolute atomic E-state index is 12.4. The molecule has 0 fully saturated rings. The number of aliphatic carboxylic acids is 1. The number of aromatic nitrogens is 4. The number of amides is 1. The number of rotatable bonds is 2. The lowest BCUT2D eigenvalue weighted by atomic mass is 10.0. The standard InChI is InChI=1S/C12H10ClN5O3/c13-10-2-1-6(16-17-10)11(19)18-4-8-7(14-5-15-8)3-9(18)12(20)21/h1-2,5,9H,3-4H2,(H,14,15)(H,20,21). The lowest BCUT2D eigenvalue weighted by molar-refractivity contribution is -0.142. The Morgan fingerprint density at radius 2 is 2.19 bits per heavy atom. The quantitative estimate of drug-likeness (QED) is 0.835. The number of imidazole rings is 1. The molecule has 0 saturated heterocycles. The second kappa shape index (κ2) is 5.13. The summed E-state index contributed by atoms with van der Waals surface area (Å²) in [7, 11) is 0. The van der Waals surface area contributed by atoms with Crippen LogP contribution in [0.2, 0.25) is 5.15 Å². The largest absolute Gasteiger partial charge is 0.480 e. The van der Waals surface area contributed by atoms with Crippen LogP contribution in [-0.4, -0.2) is 48.1 Å². The van der Waals surface area contributed by atoms with Gasteiger partial charge in [-0.15, -0.1) is 10.2 Å². The van der Waals surface area contributed by atoms with Gasteiger partial charge in [0.25, 0.3) is 5.91 Å². The van der Waals surface area contributed by atoms with E-state index in [4.69, 9.17) is 11.6 Å². The van der Waals surface area contributed by atoms with Crippen LogP contribution in [0.4, 0.5) is 0 Å². The zero-order chi connectivity index (χ0) is 15.0. The molecule has 8 nitrogen and oxygen atoms in total. The lowest BCUT2D eigenvalue weighted by Crippen LogP contribution is -2.49. The van der Waals surface area contributed by atoms with Crippen molar-refractivity contribution in [1.82, 2.24) is 25.1 Å². The molecule has 0 aromatic carbocycles. The molecular weight excluding hydrogens is 298 g/mol. The minimum Gasteiger partial charge on any atom is -0.480 e. The highest BCUT2D eigenvalue weighted by Crippen LogP contribution is 2.22. The van der Waals surface area contributed by atoms with Gasteiger partial charge in [0, 0.05) is 6.42 Å². The van der Waals surface area contributed by atoms with Crippen LogP contribution < -0.4 is 0 Å². The molecule has 0 radical (unpaired) electrons. The Morgan fingerprint density at radius 3 is 2.86 bits per heavy atom. The number of hydrogen-bond acceptors (Lipinski definition) is 5. The summed E-state index contributed by atoms with van der Waals surface area (Å²) in [6.07, 6.45) is 1.64. The van der Waals surface area contributed by atoms with Crippen molar-refractivity contribution in [3.05, 3.63) is 40.7 Å². The highest BCUT2D eigenvalue weighted by molar-refractivity contribution is 6.29. The molecule has 1 aliphatic rings. The molecule has 3 heterocycles. The van der Waals surface area contributed by atoms with Crippen molar-refractivity contribution in [3.63, 3.8) is 0 Å². The molecule has 3 rings (SSSR count). The number of H-pyrrole nitrogens is 1. The van der Waals surface area contributed by atoms with Crippen molar-refractivity contribution in [2.45, 2.75) is 19.0 Å². The van der Waals surface area contributed by atoms with Crippen LogP contribution in [0.3, 0.4) is 0 Å². The number of aromatic amines is 1. The summed E-state index contributed by atoms with van der Waals surface area (Å²) < 4.78 is 0. The first-order valence-electron chi connectivity index (χ1n) is 6.10. The van der Waals surface area contributed by atoms with E-state index >= 15 is 0 Å². The maximum atomic E-state index is 12.4. The molecule has 21 heavy (non-hydrogen) atoms. The number of carbonyl (C=O) groups is 2. The summed E-state index contributed by atoms with van der Waals surface area (Å²) in [5.41, 5.74) is 1.44. The number of carboxylic acid groups (broad SMARTS) is 1. The molecule has 1 unspecified atom stereocenters. The number of hydrogen-bond donors (Lipinski definition) is 2. The van der Waals surface area contributed by atoms with Gasteiger partial charge >= 0.3 is 5.97 Å². The normalized spacial score (nSPS) is 17.4. The van der Waals surface area contributed by atoms with Gasteiger partial charge in [-0.25, -0.2) is 9.78 Å². The molecule has 2 aromatic heterocycles. The Hall–Kier alpha value is -2.48. The fourth-order valence-corrected chi connectivity index (χ4v) is 2.35. The van der Waals surface area contributed by atoms with Crippen LogP contribution >= 0.6 is 11.6 Å². The number of halogens is 1. The first-order chi connectivity index (χ1) is 10.1. The second-order valence-corrected chi connectivity index (χ2v) is 4.95. The van der Waals surface area contributed by atoms with Gasteiger partial charge in [0.05, 0.1) is 24.3 Å². The SMILES string of the molecule is O=C(O)C1Cc2nc[nH]c2CN1C(=O)c1ccc(Cl)nn1. The fraction of sp³-hybridized carbons (Fsp3) is 0.250. The van der Waals surface area contributed by atoms with Gasteiger partial charge < -0.3 is 15.0 Å². The topological polar surface area (TPSA) is 112 Å². The predicted octanol–water partition coefficient (Wildman–Crippen LogP) is 0.505. The van der Waals surface area contributed by atoms with Gasteiger partial charge in [-0.1, -0.05) is 11.6 Å². The van der Waals surface area contributed by atoms with Crippen molar-refractivity contribution in [3.8, 4) is 0 Å². The predicted molar refractivity (Wildman–Crippen MR) is 70.6 cm³/mol. The number of nitrogens with zero attached hydrogens (tertiary/aromatic N) is 4. The van der Waals surface area contributed by atoms with Gasteiger partial charge in [0.1, 0.15) is 6.04 Å². The van der Waals surface area contributed by atoms with E-state index < -0.39 is 17.9 Å². The molecule has 1 atom stereocenters. The van der Waals surface area contributed by atoms with E-state index in [0.29, 0.717) is 5.69 Å². The minimum atomic E-state index is -1.08. The van der Waals surface area contributed by atoms with Gasteiger partial charge in [-0.2, -0.15) is 0 Å². The Balaban J connectivity index is 1.93. The molecule has 1 amide bonds. The average Bonchev–Trinajstić information content (AvgIpc) is 2.93. The molecule has 2 N–H and O–H groups in total. The van der Waals surface area contributed by atoms with Crippen molar-refractivity contribution in [2.75, 3.05) is 0 Å². The summed E-state index contributed by atoms with van der Waals surface area (Å²) in [5.74, 6) is -1.59. The lowest BCUT2D eigenvalue weighted by Gasteiger charge is -2.31. The maximum Gasteiger partial charge on any atom is 0.326 e. The van der Waals surface area contributed by atoms with Gasteiger partial charge in [-0.3, -0.25) is 4.79 Å². The number of carboxylic acids is 1. The van der Waals surface area contributed by atoms with E-state index in [1.165, 1.54) is 23.4 Å². The van der Waals surface area contributed by atoms with E-state index in [2.05, 4.69) is 20.2 Å². The first kappa shape index (κ1) is 13.5. The molecular formula is C12H10ClN5O3. The second-order valence-electron chi connectivity index (χ2n) is 4.56. The van der Waals surface area contributed by atoms with Crippen LogP contribution in [-0.2, 0) is 17.8 Å². The highest BCUT2D eigenvalue weighted by atomic mass is 35.5. The van der Waals surface area contributed by atoms with Crippen molar-refractivity contribution >= 4 is 23.5 Å². The third-order valence-electron chi connectivity index (χ3n) is 3.30. The molecule has 2 aromatic rings. The van der Waals surface area contributed by atoms with E-state index in [0.717, 1.165) is 5.69 Å².